The highest BCUT2D eigenvalue weighted by atomic mass is 16.2. The average molecular weight is 415 g/mol. The van der Waals surface area contributed by atoms with Crippen molar-refractivity contribution in [3.8, 4) is 0 Å². The maximum Gasteiger partial charge on any atom is 0.234 e. The largest absolute Gasteiger partial charge is 0.353 e. The van der Waals surface area contributed by atoms with Crippen molar-refractivity contribution in [2.45, 2.75) is 46.1 Å². The number of amides is 3. The van der Waals surface area contributed by atoms with Crippen LogP contribution in [0.5, 0.6) is 0 Å². The molecule has 1 aromatic rings. The molecule has 2 aliphatic heterocycles. The van der Waals surface area contributed by atoms with E-state index >= 15 is 0 Å². The summed E-state index contributed by atoms with van der Waals surface area (Å²) in [4.78, 5) is 43.3. The number of carbonyl (C=O) groups is 3. The van der Waals surface area contributed by atoms with Crippen LogP contribution in [0.1, 0.15) is 45.6 Å². The summed E-state index contributed by atoms with van der Waals surface area (Å²) in [5.74, 6) is 0.177. The maximum atomic E-state index is 13.0. The van der Waals surface area contributed by atoms with Crippen molar-refractivity contribution in [1.82, 2.24) is 15.1 Å². The third-order valence-corrected chi connectivity index (χ3v) is 5.82. The molecular weight excluding hydrogens is 380 g/mol. The number of hydrogen-bond donors (Lipinski definition) is 1. The van der Waals surface area contributed by atoms with Crippen molar-refractivity contribution in [3.05, 3.63) is 29.8 Å². The van der Waals surface area contributed by atoms with Crippen LogP contribution in [0, 0.1) is 5.92 Å². The van der Waals surface area contributed by atoms with Gasteiger partial charge in [0.05, 0.1) is 12.5 Å². The van der Waals surface area contributed by atoms with Crippen molar-refractivity contribution >= 4 is 23.4 Å². The first-order valence-electron chi connectivity index (χ1n) is 11.0. The molecule has 2 heterocycles. The lowest BCUT2D eigenvalue weighted by Gasteiger charge is -2.35. The molecule has 0 aromatic heterocycles. The molecule has 7 heteroatoms. The van der Waals surface area contributed by atoms with Crippen LogP contribution in [0.3, 0.4) is 0 Å². The predicted octanol–water partition coefficient (Wildman–Crippen LogP) is 1.83. The summed E-state index contributed by atoms with van der Waals surface area (Å²) in [6.07, 6.45) is 0.266. The molecule has 0 aliphatic carbocycles. The summed E-state index contributed by atoms with van der Waals surface area (Å²) >= 11 is 0. The lowest BCUT2D eigenvalue weighted by molar-refractivity contribution is -0.137. The quantitative estimate of drug-likeness (QED) is 0.771. The molecule has 2 fully saturated rings. The number of rotatable bonds is 6. The molecule has 164 valence electrons. The normalized spacial score (nSPS) is 20.3. The van der Waals surface area contributed by atoms with Gasteiger partial charge in [-0.25, -0.2) is 0 Å². The molecule has 1 unspecified atom stereocenters. The number of benzene rings is 1. The SMILES string of the molecule is CC(C)NC(=O)CN1CCN(C(=O)C2CC(=O)N(c3cccc(C(C)C)c3)C2)CC1. The van der Waals surface area contributed by atoms with Gasteiger partial charge in [0, 0.05) is 50.9 Å². The molecule has 1 aromatic carbocycles. The Bertz CT molecular complexity index is 784. The lowest BCUT2D eigenvalue weighted by Crippen LogP contribution is -2.52. The van der Waals surface area contributed by atoms with Crippen LogP contribution >= 0.6 is 0 Å². The van der Waals surface area contributed by atoms with E-state index < -0.39 is 0 Å². The second-order valence-corrected chi connectivity index (χ2v) is 8.98. The summed E-state index contributed by atoms with van der Waals surface area (Å²) < 4.78 is 0. The Kier molecular flexibility index (Phi) is 7.13. The van der Waals surface area contributed by atoms with E-state index in [1.165, 1.54) is 5.56 Å². The lowest BCUT2D eigenvalue weighted by atomic mass is 10.0. The Morgan fingerprint density at radius 2 is 1.80 bits per heavy atom. The Morgan fingerprint density at radius 3 is 2.43 bits per heavy atom. The van der Waals surface area contributed by atoms with Gasteiger partial charge in [-0.3, -0.25) is 19.3 Å². The summed E-state index contributed by atoms with van der Waals surface area (Å²) in [5.41, 5.74) is 2.06. The molecule has 2 aliphatic rings. The molecule has 1 atom stereocenters. The maximum absolute atomic E-state index is 13.0. The van der Waals surface area contributed by atoms with Crippen molar-refractivity contribution in [1.29, 1.82) is 0 Å². The van der Waals surface area contributed by atoms with E-state index in [0.29, 0.717) is 45.2 Å². The zero-order chi connectivity index (χ0) is 21.8. The first-order chi connectivity index (χ1) is 14.2. The standard InChI is InChI=1S/C23H34N4O3/c1-16(2)18-6-5-7-20(12-18)27-14-19(13-22(27)29)23(30)26-10-8-25(9-11-26)15-21(28)24-17(3)4/h5-7,12,16-17,19H,8-11,13-15H2,1-4H3,(H,24,28). The van der Waals surface area contributed by atoms with Crippen molar-refractivity contribution in [2.75, 3.05) is 44.2 Å². The Balaban J connectivity index is 1.54. The third kappa shape index (κ3) is 5.39. The summed E-state index contributed by atoms with van der Waals surface area (Å²) in [7, 11) is 0. The average Bonchev–Trinajstić information content (AvgIpc) is 3.09. The van der Waals surface area contributed by atoms with Gasteiger partial charge in [0.25, 0.3) is 0 Å². The van der Waals surface area contributed by atoms with Gasteiger partial charge in [-0.05, 0) is 37.5 Å². The van der Waals surface area contributed by atoms with Gasteiger partial charge in [0.15, 0.2) is 0 Å². The highest BCUT2D eigenvalue weighted by Crippen LogP contribution is 2.29. The summed E-state index contributed by atoms with van der Waals surface area (Å²) in [6, 6.07) is 8.16. The molecule has 0 bridgehead atoms. The summed E-state index contributed by atoms with van der Waals surface area (Å²) in [6.45, 7) is 11.5. The van der Waals surface area contributed by atoms with Crippen LogP contribution in [0.2, 0.25) is 0 Å². The summed E-state index contributed by atoms with van der Waals surface area (Å²) in [5, 5.41) is 2.90. The number of piperazine rings is 1. The van der Waals surface area contributed by atoms with E-state index in [1.807, 2.05) is 30.9 Å². The number of carbonyl (C=O) groups excluding carboxylic acids is 3. The van der Waals surface area contributed by atoms with Crippen LogP contribution in [0.15, 0.2) is 24.3 Å². The van der Waals surface area contributed by atoms with Crippen LogP contribution in [0.4, 0.5) is 5.69 Å². The number of hydrogen-bond acceptors (Lipinski definition) is 4. The number of nitrogens with zero attached hydrogens (tertiary/aromatic N) is 3. The Hall–Kier alpha value is -2.41. The van der Waals surface area contributed by atoms with E-state index in [1.54, 1.807) is 4.90 Å². The van der Waals surface area contributed by atoms with Crippen molar-refractivity contribution < 1.29 is 14.4 Å². The molecule has 7 nitrogen and oxygen atoms in total. The minimum Gasteiger partial charge on any atom is -0.353 e. The van der Waals surface area contributed by atoms with E-state index in [4.69, 9.17) is 0 Å². The first kappa shape index (κ1) is 22.3. The minimum absolute atomic E-state index is 0.0123. The predicted molar refractivity (Wildman–Crippen MR) is 117 cm³/mol. The zero-order valence-electron chi connectivity index (χ0n) is 18.6. The smallest absolute Gasteiger partial charge is 0.234 e. The second-order valence-electron chi connectivity index (χ2n) is 8.98. The number of anilines is 1. The van der Waals surface area contributed by atoms with Gasteiger partial charge in [0.1, 0.15) is 0 Å². The van der Waals surface area contributed by atoms with Crippen LogP contribution in [-0.2, 0) is 14.4 Å². The topological polar surface area (TPSA) is 73.0 Å². The van der Waals surface area contributed by atoms with Gasteiger partial charge in [-0.1, -0.05) is 26.0 Å². The number of nitrogens with one attached hydrogen (secondary N) is 1. The van der Waals surface area contributed by atoms with E-state index in [9.17, 15) is 14.4 Å². The molecule has 3 rings (SSSR count). The second kappa shape index (κ2) is 9.60. The molecule has 0 radical (unpaired) electrons. The first-order valence-corrected chi connectivity index (χ1v) is 11.0. The molecule has 0 spiro atoms. The van der Waals surface area contributed by atoms with Gasteiger partial charge < -0.3 is 15.1 Å². The molecular formula is C23H34N4O3. The molecule has 3 amide bonds. The van der Waals surface area contributed by atoms with Gasteiger partial charge in [-0.2, -0.15) is 0 Å². The van der Waals surface area contributed by atoms with Crippen molar-refractivity contribution in [3.63, 3.8) is 0 Å². The molecule has 0 saturated carbocycles. The van der Waals surface area contributed by atoms with Crippen molar-refractivity contribution in [2.24, 2.45) is 5.92 Å². The van der Waals surface area contributed by atoms with Gasteiger partial charge >= 0.3 is 0 Å². The highest BCUT2D eigenvalue weighted by molar-refractivity contribution is 6.00. The van der Waals surface area contributed by atoms with Crippen LogP contribution < -0.4 is 10.2 Å². The monoisotopic (exact) mass is 414 g/mol. The van der Waals surface area contributed by atoms with Crippen LogP contribution in [-0.4, -0.2) is 72.8 Å². The van der Waals surface area contributed by atoms with Gasteiger partial charge in [-0.15, -0.1) is 0 Å². The fraction of sp³-hybridized carbons (Fsp3) is 0.609. The van der Waals surface area contributed by atoms with E-state index in [-0.39, 0.29) is 36.1 Å². The minimum atomic E-state index is -0.295. The van der Waals surface area contributed by atoms with E-state index in [0.717, 1.165) is 5.69 Å². The highest BCUT2D eigenvalue weighted by Gasteiger charge is 2.38. The molecule has 1 N–H and O–H groups in total. The molecule has 2 saturated heterocycles. The Labute approximate surface area is 179 Å². The fourth-order valence-electron chi connectivity index (χ4n) is 4.13. The Morgan fingerprint density at radius 1 is 1.10 bits per heavy atom. The van der Waals surface area contributed by atoms with Gasteiger partial charge in [0.2, 0.25) is 17.7 Å². The third-order valence-electron chi connectivity index (χ3n) is 5.82. The van der Waals surface area contributed by atoms with E-state index in [2.05, 4.69) is 36.2 Å². The molecule has 30 heavy (non-hydrogen) atoms. The zero-order valence-corrected chi connectivity index (χ0v) is 18.6. The fourth-order valence-corrected chi connectivity index (χ4v) is 4.13. The van der Waals surface area contributed by atoms with Crippen LogP contribution in [0.25, 0.3) is 0 Å².